The zero-order valence-corrected chi connectivity index (χ0v) is 13.2. The van der Waals surface area contributed by atoms with Crippen molar-refractivity contribution in [2.75, 3.05) is 23.8 Å². The molecule has 1 fully saturated rings. The summed E-state index contributed by atoms with van der Waals surface area (Å²) < 4.78 is 0. The minimum absolute atomic E-state index is 0.548. The quantitative estimate of drug-likeness (QED) is 0.879. The zero-order valence-electron chi connectivity index (χ0n) is 12.4. The van der Waals surface area contributed by atoms with E-state index in [1.165, 1.54) is 18.2 Å². The molecule has 1 unspecified atom stereocenters. The second-order valence-corrected chi connectivity index (χ2v) is 6.52. The maximum absolute atomic E-state index is 4.75. The molecule has 1 saturated carbocycles. The van der Waals surface area contributed by atoms with Gasteiger partial charge in [-0.1, -0.05) is 6.92 Å². The molecule has 20 heavy (non-hydrogen) atoms. The Morgan fingerprint density at radius 1 is 1.45 bits per heavy atom. The van der Waals surface area contributed by atoms with E-state index >= 15 is 0 Å². The maximum Gasteiger partial charge on any atom is 0.226 e. The van der Waals surface area contributed by atoms with Gasteiger partial charge in [0.05, 0.1) is 5.39 Å². The third kappa shape index (κ3) is 2.59. The van der Waals surface area contributed by atoms with Crippen molar-refractivity contribution in [3.05, 3.63) is 11.4 Å². The van der Waals surface area contributed by atoms with E-state index in [0.717, 1.165) is 35.5 Å². The van der Waals surface area contributed by atoms with Crippen LogP contribution in [0.5, 0.6) is 0 Å². The lowest BCUT2D eigenvalue weighted by molar-refractivity contribution is 0.605. The minimum Gasteiger partial charge on any atom is -0.356 e. The molecule has 0 bridgehead atoms. The van der Waals surface area contributed by atoms with E-state index in [1.807, 2.05) is 0 Å². The Bertz CT molecular complexity index is 591. The first-order chi connectivity index (χ1) is 9.70. The Balaban J connectivity index is 1.95. The van der Waals surface area contributed by atoms with E-state index in [9.17, 15) is 0 Å². The van der Waals surface area contributed by atoms with Gasteiger partial charge in [-0.05, 0) is 43.6 Å². The van der Waals surface area contributed by atoms with Crippen LogP contribution in [0.3, 0.4) is 0 Å². The molecular formula is C15H22N4S. The lowest BCUT2D eigenvalue weighted by Crippen LogP contribution is -2.31. The van der Waals surface area contributed by atoms with Crippen molar-refractivity contribution in [3.8, 4) is 0 Å². The second kappa shape index (κ2) is 5.56. The van der Waals surface area contributed by atoms with Gasteiger partial charge >= 0.3 is 0 Å². The van der Waals surface area contributed by atoms with Crippen LogP contribution in [0.4, 0.5) is 11.8 Å². The van der Waals surface area contributed by atoms with E-state index in [4.69, 9.17) is 4.98 Å². The summed E-state index contributed by atoms with van der Waals surface area (Å²) in [5, 5.41) is 6.59. The van der Waals surface area contributed by atoms with Crippen LogP contribution >= 0.6 is 11.3 Å². The molecule has 2 aromatic heterocycles. The number of anilines is 2. The molecule has 108 valence electrons. The fraction of sp³-hybridized carbons (Fsp3) is 0.600. The molecule has 0 saturated heterocycles. The predicted molar refractivity (Wildman–Crippen MR) is 86.8 cm³/mol. The van der Waals surface area contributed by atoms with Crippen LogP contribution in [0, 0.1) is 5.92 Å². The summed E-state index contributed by atoms with van der Waals surface area (Å²) in [5.41, 5.74) is 0. The molecule has 4 nitrogen and oxygen atoms in total. The Morgan fingerprint density at radius 2 is 2.25 bits per heavy atom. The van der Waals surface area contributed by atoms with Gasteiger partial charge in [0.1, 0.15) is 10.6 Å². The van der Waals surface area contributed by atoms with Crippen molar-refractivity contribution < 1.29 is 0 Å². The first-order valence-corrected chi connectivity index (χ1v) is 8.30. The van der Waals surface area contributed by atoms with Crippen LogP contribution in [-0.4, -0.2) is 29.6 Å². The molecule has 0 amide bonds. The standard InChI is InChI=1S/C15H22N4S/c1-4-8-16-15-17-13(12-7-9-20-14(12)18-15)19(3)10(2)11-5-6-11/h7,9-11H,4-6,8H2,1-3H3,(H,16,17,18). The maximum atomic E-state index is 4.75. The molecule has 2 aromatic rings. The first-order valence-electron chi connectivity index (χ1n) is 7.42. The van der Waals surface area contributed by atoms with E-state index < -0.39 is 0 Å². The summed E-state index contributed by atoms with van der Waals surface area (Å²) in [5.74, 6) is 2.65. The zero-order chi connectivity index (χ0) is 14.1. The summed E-state index contributed by atoms with van der Waals surface area (Å²) in [6.45, 7) is 5.37. The fourth-order valence-corrected chi connectivity index (χ4v) is 3.27. The Kier molecular flexibility index (Phi) is 3.78. The number of thiophene rings is 1. The smallest absolute Gasteiger partial charge is 0.226 e. The van der Waals surface area contributed by atoms with Gasteiger partial charge in [-0.15, -0.1) is 11.3 Å². The van der Waals surface area contributed by atoms with Crippen LogP contribution in [0.15, 0.2) is 11.4 Å². The second-order valence-electron chi connectivity index (χ2n) is 5.63. The normalized spacial score (nSPS) is 16.4. The summed E-state index contributed by atoms with van der Waals surface area (Å²) in [6.07, 6.45) is 3.78. The van der Waals surface area contributed by atoms with Crippen LogP contribution in [0.2, 0.25) is 0 Å². The summed E-state index contributed by atoms with van der Waals surface area (Å²) in [6, 6.07) is 2.68. The van der Waals surface area contributed by atoms with Gasteiger partial charge in [-0.2, -0.15) is 4.98 Å². The van der Waals surface area contributed by atoms with Crippen molar-refractivity contribution in [3.63, 3.8) is 0 Å². The van der Waals surface area contributed by atoms with Crippen LogP contribution in [-0.2, 0) is 0 Å². The van der Waals surface area contributed by atoms with Crippen molar-refractivity contribution in [2.45, 2.75) is 39.2 Å². The predicted octanol–water partition coefficient (Wildman–Crippen LogP) is 3.75. The van der Waals surface area contributed by atoms with Crippen LogP contribution in [0.1, 0.15) is 33.1 Å². The number of nitrogens with one attached hydrogen (secondary N) is 1. The number of aromatic nitrogens is 2. The van der Waals surface area contributed by atoms with Gasteiger partial charge in [0, 0.05) is 19.6 Å². The molecule has 1 N–H and O–H groups in total. The van der Waals surface area contributed by atoms with Gasteiger partial charge in [0.15, 0.2) is 0 Å². The van der Waals surface area contributed by atoms with E-state index in [2.05, 4.69) is 47.5 Å². The number of rotatable bonds is 6. The molecule has 0 aromatic carbocycles. The summed E-state index contributed by atoms with van der Waals surface area (Å²) >= 11 is 1.68. The number of hydrogen-bond acceptors (Lipinski definition) is 5. The average molecular weight is 290 g/mol. The third-order valence-electron chi connectivity index (χ3n) is 4.09. The number of nitrogens with zero attached hydrogens (tertiary/aromatic N) is 3. The van der Waals surface area contributed by atoms with Gasteiger partial charge in [-0.25, -0.2) is 4.98 Å². The highest BCUT2D eigenvalue weighted by Crippen LogP contribution is 2.38. The highest BCUT2D eigenvalue weighted by atomic mass is 32.1. The van der Waals surface area contributed by atoms with Gasteiger partial charge < -0.3 is 10.2 Å². The summed E-state index contributed by atoms with van der Waals surface area (Å²) in [7, 11) is 2.16. The van der Waals surface area contributed by atoms with Gasteiger partial charge in [0.2, 0.25) is 5.95 Å². The molecule has 1 atom stereocenters. The van der Waals surface area contributed by atoms with Crippen molar-refractivity contribution in [2.24, 2.45) is 5.92 Å². The molecule has 1 aliphatic carbocycles. The van der Waals surface area contributed by atoms with Crippen molar-refractivity contribution in [1.29, 1.82) is 0 Å². The Morgan fingerprint density at radius 3 is 2.95 bits per heavy atom. The van der Waals surface area contributed by atoms with E-state index in [1.54, 1.807) is 11.3 Å². The van der Waals surface area contributed by atoms with Crippen molar-refractivity contribution in [1.82, 2.24) is 9.97 Å². The molecule has 0 radical (unpaired) electrons. The number of hydrogen-bond donors (Lipinski definition) is 1. The molecule has 0 aliphatic heterocycles. The van der Waals surface area contributed by atoms with Gasteiger partial charge in [-0.3, -0.25) is 0 Å². The minimum atomic E-state index is 0.548. The number of fused-ring (bicyclic) bond motifs is 1. The molecule has 0 spiro atoms. The monoisotopic (exact) mass is 290 g/mol. The summed E-state index contributed by atoms with van der Waals surface area (Å²) in [4.78, 5) is 12.8. The van der Waals surface area contributed by atoms with E-state index in [-0.39, 0.29) is 0 Å². The highest BCUT2D eigenvalue weighted by Gasteiger charge is 2.31. The molecule has 2 heterocycles. The molecular weight excluding hydrogens is 268 g/mol. The average Bonchev–Trinajstić information content (AvgIpc) is 3.20. The topological polar surface area (TPSA) is 41.1 Å². The Labute approximate surface area is 124 Å². The van der Waals surface area contributed by atoms with Gasteiger partial charge in [0.25, 0.3) is 0 Å². The third-order valence-corrected chi connectivity index (χ3v) is 4.89. The Hall–Kier alpha value is -1.36. The molecule has 1 aliphatic rings. The highest BCUT2D eigenvalue weighted by molar-refractivity contribution is 7.16. The van der Waals surface area contributed by atoms with Crippen molar-refractivity contribution >= 4 is 33.3 Å². The van der Waals surface area contributed by atoms with Crippen LogP contribution < -0.4 is 10.2 Å². The van der Waals surface area contributed by atoms with E-state index in [0.29, 0.717) is 6.04 Å². The largest absolute Gasteiger partial charge is 0.356 e. The first kappa shape index (κ1) is 13.6. The SMILES string of the molecule is CCCNc1nc(N(C)C(C)C2CC2)c2ccsc2n1. The fourth-order valence-electron chi connectivity index (χ4n) is 2.51. The van der Waals surface area contributed by atoms with Crippen LogP contribution in [0.25, 0.3) is 10.2 Å². The lowest BCUT2D eigenvalue weighted by atomic mass is 10.2. The molecule has 5 heteroatoms. The molecule has 3 rings (SSSR count). The lowest BCUT2D eigenvalue weighted by Gasteiger charge is -2.26.